The predicted molar refractivity (Wildman–Crippen MR) is 51.0 cm³/mol. The van der Waals surface area contributed by atoms with Crippen LogP contribution in [0.1, 0.15) is 33.6 Å². The fraction of sp³-hybridized carbons (Fsp3) is 0.909. The van der Waals surface area contributed by atoms with Crippen molar-refractivity contribution in [3.05, 3.63) is 0 Å². The lowest BCUT2D eigenvalue weighted by Gasteiger charge is -2.28. The van der Waals surface area contributed by atoms with Gasteiger partial charge < -0.3 is 14.2 Å². The summed E-state index contributed by atoms with van der Waals surface area (Å²) < 4.78 is 17.1. The molecule has 0 spiro atoms. The van der Waals surface area contributed by atoms with Gasteiger partial charge in [-0.05, 0) is 20.3 Å². The van der Waals surface area contributed by atoms with Crippen LogP contribution >= 0.6 is 0 Å². The van der Waals surface area contributed by atoms with Crippen molar-refractivity contribution in [2.45, 2.75) is 57.9 Å². The number of fused-ring (bicyclic) bond motifs is 3. The van der Waals surface area contributed by atoms with E-state index in [1.165, 1.54) is 0 Å². The van der Waals surface area contributed by atoms with Crippen molar-refractivity contribution in [1.82, 2.24) is 0 Å². The van der Waals surface area contributed by atoms with E-state index in [1.54, 1.807) is 0 Å². The number of hydrogen-bond acceptors (Lipinski definition) is 4. The van der Waals surface area contributed by atoms with Crippen molar-refractivity contribution in [2.24, 2.45) is 5.41 Å². The first kappa shape index (κ1) is 9.75. The lowest BCUT2D eigenvalue weighted by Crippen LogP contribution is -2.37. The van der Waals surface area contributed by atoms with Crippen LogP contribution in [0.15, 0.2) is 0 Å². The highest BCUT2D eigenvalue weighted by molar-refractivity contribution is 5.87. The van der Waals surface area contributed by atoms with E-state index in [-0.39, 0.29) is 29.7 Å². The summed E-state index contributed by atoms with van der Waals surface area (Å²) in [6, 6.07) is 0. The number of hydrogen-bond donors (Lipinski definition) is 0. The van der Waals surface area contributed by atoms with Crippen molar-refractivity contribution in [2.75, 3.05) is 0 Å². The van der Waals surface area contributed by atoms with Crippen molar-refractivity contribution in [3.63, 3.8) is 0 Å². The van der Waals surface area contributed by atoms with Crippen molar-refractivity contribution < 1.29 is 19.0 Å². The summed E-state index contributed by atoms with van der Waals surface area (Å²) in [6.45, 7) is 5.83. The van der Waals surface area contributed by atoms with Gasteiger partial charge in [0.25, 0.3) is 0 Å². The third-order valence-electron chi connectivity index (χ3n) is 3.78. The molecule has 3 fully saturated rings. The number of Topliss-reactive ketones (excluding diaryl/α,β-unsaturated/α-hetero) is 1. The molecule has 3 rings (SSSR count). The quantitative estimate of drug-likeness (QED) is 0.606. The molecule has 1 saturated carbocycles. The van der Waals surface area contributed by atoms with E-state index < -0.39 is 5.79 Å². The van der Waals surface area contributed by atoms with Crippen LogP contribution in [0.5, 0.6) is 0 Å². The van der Waals surface area contributed by atoms with Crippen LogP contribution in [0.25, 0.3) is 0 Å². The lowest BCUT2D eigenvalue weighted by molar-refractivity contribution is -0.213. The molecule has 0 N–H and O–H groups in total. The highest BCUT2D eigenvalue weighted by Crippen LogP contribution is 2.53. The number of ether oxygens (including phenoxy) is 3. The molecule has 3 aliphatic rings. The SMILES string of the molecule is CC1(C)O[C@H]2O[C@@H]3C(=O)CC[C@]3(C)[C@H]2O1. The Labute approximate surface area is 88.9 Å². The van der Waals surface area contributed by atoms with Crippen molar-refractivity contribution in [1.29, 1.82) is 0 Å². The number of rotatable bonds is 0. The number of carbonyl (C=O) groups excluding carboxylic acids is 1. The van der Waals surface area contributed by atoms with E-state index in [1.807, 2.05) is 13.8 Å². The van der Waals surface area contributed by atoms with Gasteiger partial charge in [-0.15, -0.1) is 0 Å². The molecule has 2 aliphatic heterocycles. The van der Waals surface area contributed by atoms with E-state index in [4.69, 9.17) is 14.2 Å². The van der Waals surface area contributed by atoms with Gasteiger partial charge in [0.15, 0.2) is 17.9 Å². The molecule has 4 atom stereocenters. The maximum atomic E-state index is 11.6. The van der Waals surface area contributed by atoms with E-state index in [0.717, 1.165) is 6.42 Å². The van der Waals surface area contributed by atoms with Gasteiger partial charge in [0.05, 0.1) is 0 Å². The summed E-state index contributed by atoms with van der Waals surface area (Å²) in [4.78, 5) is 11.6. The maximum absolute atomic E-state index is 11.6. The second-order valence-electron chi connectivity index (χ2n) is 5.41. The summed E-state index contributed by atoms with van der Waals surface area (Å²) in [7, 11) is 0. The molecule has 0 aromatic rings. The fourth-order valence-electron chi connectivity index (χ4n) is 2.95. The molecule has 4 nitrogen and oxygen atoms in total. The van der Waals surface area contributed by atoms with Gasteiger partial charge >= 0.3 is 0 Å². The normalized spacial score (nSPS) is 51.9. The molecule has 2 heterocycles. The first-order valence-corrected chi connectivity index (χ1v) is 5.46. The summed E-state index contributed by atoms with van der Waals surface area (Å²) >= 11 is 0. The summed E-state index contributed by atoms with van der Waals surface area (Å²) in [6.07, 6.45) is 0.678. The van der Waals surface area contributed by atoms with Crippen LogP contribution < -0.4 is 0 Å². The van der Waals surface area contributed by atoms with Gasteiger partial charge in [-0.2, -0.15) is 0 Å². The summed E-state index contributed by atoms with van der Waals surface area (Å²) in [5, 5.41) is 0. The monoisotopic (exact) mass is 212 g/mol. The van der Waals surface area contributed by atoms with Gasteiger partial charge in [-0.1, -0.05) is 6.92 Å². The van der Waals surface area contributed by atoms with Crippen molar-refractivity contribution in [3.8, 4) is 0 Å². The standard InChI is InChI=1S/C11H16O4/c1-10(2)14-8-9(15-10)13-7-6(12)4-5-11(7,8)3/h7-9H,4-5H2,1-3H3/t7-,8+,9-,11+/m1/s1. The molecule has 0 bridgehead atoms. The fourth-order valence-corrected chi connectivity index (χ4v) is 2.95. The van der Waals surface area contributed by atoms with Gasteiger partial charge in [-0.3, -0.25) is 4.79 Å². The van der Waals surface area contributed by atoms with Crippen molar-refractivity contribution >= 4 is 5.78 Å². The van der Waals surface area contributed by atoms with Crippen LogP contribution in [0.2, 0.25) is 0 Å². The Hall–Kier alpha value is -0.450. The van der Waals surface area contributed by atoms with Gasteiger partial charge in [0.2, 0.25) is 0 Å². The van der Waals surface area contributed by atoms with Gasteiger partial charge in [0.1, 0.15) is 12.2 Å². The maximum Gasteiger partial charge on any atom is 0.188 e. The van der Waals surface area contributed by atoms with E-state index in [0.29, 0.717) is 6.42 Å². The second-order valence-corrected chi connectivity index (χ2v) is 5.41. The molecule has 1 aliphatic carbocycles. The van der Waals surface area contributed by atoms with Crippen LogP contribution in [-0.4, -0.2) is 30.1 Å². The Kier molecular flexibility index (Phi) is 1.70. The zero-order valence-corrected chi connectivity index (χ0v) is 9.28. The molecule has 0 radical (unpaired) electrons. The molecule has 4 heteroatoms. The topological polar surface area (TPSA) is 44.8 Å². The minimum Gasteiger partial charge on any atom is -0.341 e. The highest BCUT2D eigenvalue weighted by atomic mass is 16.8. The summed E-state index contributed by atoms with van der Waals surface area (Å²) in [5.41, 5.74) is -0.185. The molecule has 84 valence electrons. The third kappa shape index (κ3) is 1.16. The molecule has 0 aromatic heterocycles. The van der Waals surface area contributed by atoms with Crippen LogP contribution in [0.3, 0.4) is 0 Å². The smallest absolute Gasteiger partial charge is 0.188 e. The zero-order valence-electron chi connectivity index (χ0n) is 9.28. The molecular weight excluding hydrogens is 196 g/mol. The first-order valence-electron chi connectivity index (χ1n) is 5.46. The number of ketones is 1. The second kappa shape index (κ2) is 2.62. The Balaban J connectivity index is 1.92. The summed E-state index contributed by atoms with van der Waals surface area (Å²) in [5.74, 6) is -0.397. The highest BCUT2D eigenvalue weighted by Gasteiger charge is 2.65. The average Bonchev–Trinajstić information content (AvgIpc) is 2.65. The minimum absolute atomic E-state index is 0.0936. The lowest BCUT2D eigenvalue weighted by atomic mass is 9.82. The van der Waals surface area contributed by atoms with Crippen LogP contribution in [0, 0.1) is 5.41 Å². The minimum atomic E-state index is -0.588. The Morgan fingerprint density at radius 2 is 2.00 bits per heavy atom. The molecule has 2 saturated heterocycles. The Morgan fingerprint density at radius 1 is 1.27 bits per heavy atom. The molecule has 0 aromatic carbocycles. The van der Waals surface area contributed by atoms with Gasteiger partial charge in [0, 0.05) is 11.8 Å². The molecular formula is C11H16O4. The van der Waals surface area contributed by atoms with Gasteiger partial charge in [-0.25, -0.2) is 0 Å². The molecule has 0 unspecified atom stereocenters. The predicted octanol–water partition coefficient (Wildman–Crippen LogP) is 1.23. The molecule has 0 amide bonds. The Morgan fingerprint density at radius 3 is 2.73 bits per heavy atom. The largest absolute Gasteiger partial charge is 0.341 e. The zero-order chi connectivity index (χ0) is 10.8. The third-order valence-corrected chi connectivity index (χ3v) is 3.78. The van der Waals surface area contributed by atoms with Crippen LogP contribution in [-0.2, 0) is 19.0 Å². The van der Waals surface area contributed by atoms with E-state index >= 15 is 0 Å². The van der Waals surface area contributed by atoms with E-state index in [2.05, 4.69) is 6.92 Å². The molecule has 15 heavy (non-hydrogen) atoms. The Bertz CT molecular complexity index is 325. The van der Waals surface area contributed by atoms with E-state index in [9.17, 15) is 4.79 Å². The first-order chi connectivity index (χ1) is 6.92. The average molecular weight is 212 g/mol. The number of carbonyl (C=O) groups is 1. The van der Waals surface area contributed by atoms with Crippen LogP contribution in [0.4, 0.5) is 0 Å².